The van der Waals surface area contributed by atoms with E-state index in [-0.39, 0.29) is 23.9 Å². The van der Waals surface area contributed by atoms with E-state index in [0.29, 0.717) is 12.8 Å². The first-order valence-electron chi connectivity index (χ1n) is 13.4. The Bertz CT molecular complexity index is 805. The van der Waals surface area contributed by atoms with Gasteiger partial charge in [0, 0.05) is 30.2 Å². The van der Waals surface area contributed by atoms with Crippen LogP contribution in [0.3, 0.4) is 0 Å². The molecule has 1 fully saturated rings. The second-order valence-electron chi connectivity index (χ2n) is 9.74. The third-order valence-corrected chi connectivity index (χ3v) is 6.86. The number of aryl methyl sites for hydroxylation is 1. The topological polar surface area (TPSA) is 61.7 Å². The average molecular weight is 470 g/mol. The first-order chi connectivity index (χ1) is 16.5. The zero-order chi connectivity index (χ0) is 24.9. The van der Waals surface area contributed by atoms with Crippen molar-refractivity contribution in [2.45, 2.75) is 104 Å². The molecule has 4 nitrogen and oxygen atoms in total. The number of benzene rings is 1. The Balaban J connectivity index is 0.000000509. The van der Waals surface area contributed by atoms with Crippen LogP contribution in [-0.4, -0.2) is 41.6 Å². The Labute approximate surface area is 208 Å². The van der Waals surface area contributed by atoms with Crippen molar-refractivity contribution >= 4 is 0 Å². The maximum absolute atomic E-state index is 10.6. The van der Waals surface area contributed by atoms with Crippen LogP contribution in [0.2, 0.25) is 0 Å². The van der Waals surface area contributed by atoms with Gasteiger partial charge in [0.05, 0.1) is 12.2 Å². The van der Waals surface area contributed by atoms with Gasteiger partial charge in [-0.2, -0.15) is 0 Å². The number of aliphatic hydroxyl groups excluding tert-OH is 2. The number of para-hydroxylation sites is 1. The molecule has 1 aliphatic heterocycles. The summed E-state index contributed by atoms with van der Waals surface area (Å²) in [6.45, 7) is 12.7. The Morgan fingerprint density at radius 1 is 1.18 bits per heavy atom. The van der Waals surface area contributed by atoms with Gasteiger partial charge in [0.1, 0.15) is 11.9 Å². The summed E-state index contributed by atoms with van der Waals surface area (Å²) in [5.41, 5.74) is 2.51. The zero-order valence-corrected chi connectivity index (χ0v) is 22.0. The van der Waals surface area contributed by atoms with Crippen molar-refractivity contribution in [3.8, 4) is 17.6 Å². The van der Waals surface area contributed by atoms with Gasteiger partial charge in [-0.05, 0) is 57.2 Å². The van der Waals surface area contributed by atoms with Crippen molar-refractivity contribution in [3.05, 3.63) is 41.5 Å². The van der Waals surface area contributed by atoms with Crippen LogP contribution >= 0.6 is 0 Å². The highest BCUT2D eigenvalue weighted by Crippen LogP contribution is 2.52. The van der Waals surface area contributed by atoms with Crippen molar-refractivity contribution in [2.75, 3.05) is 13.1 Å². The van der Waals surface area contributed by atoms with Crippen LogP contribution in [0, 0.1) is 23.7 Å². The van der Waals surface area contributed by atoms with Gasteiger partial charge in [-0.1, -0.05) is 64.5 Å². The number of rotatable bonds is 11. The maximum Gasteiger partial charge on any atom is 0.126 e. The minimum absolute atomic E-state index is 0.0169. The zero-order valence-electron chi connectivity index (χ0n) is 22.0. The van der Waals surface area contributed by atoms with Crippen molar-refractivity contribution in [1.29, 1.82) is 0 Å². The highest BCUT2D eigenvalue weighted by Gasteiger charge is 2.48. The molecule has 1 aliphatic carbocycles. The van der Waals surface area contributed by atoms with Crippen LogP contribution in [0.15, 0.2) is 30.4 Å². The van der Waals surface area contributed by atoms with E-state index in [0.717, 1.165) is 18.6 Å². The summed E-state index contributed by atoms with van der Waals surface area (Å²) in [5, 5.41) is 24.3. The van der Waals surface area contributed by atoms with Gasteiger partial charge in [-0.15, -0.1) is 11.8 Å². The number of fused-ring (bicyclic) bond motifs is 3. The van der Waals surface area contributed by atoms with Crippen LogP contribution in [0.25, 0.3) is 0 Å². The highest BCUT2D eigenvalue weighted by molar-refractivity contribution is 5.49. The fourth-order valence-corrected chi connectivity index (χ4v) is 4.83. The lowest BCUT2D eigenvalue weighted by atomic mass is 9.86. The lowest BCUT2D eigenvalue weighted by Gasteiger charge is -2.19. The lowest BCUT2D eigenvalue weighted by molar-refractivity contribution is 0.134. The number of ether oxygens (including phenoxy) is 1. The number of hydrogen-bond donors (Lipinski definition) is 3. The van der Waals surface area contributed by atoms with Crippen LogP contribution < -0.4 is 10.1 Å². The van der Waals surface area contributed by atoms with Crippen molar-refractivity contribution in [2.24, 2.45) is 11.8 Å². The molecule has 3 rings (SSSR count). The predicted molar refractivity (Wildman–Crippen MR) is 142 cm³/mol. The van der Waals surface area contributed by atoms with E-state index < -0.39 is 12.2 Å². The van der Waals surface area contributed by atoms with Gasteiger partial charge in [0.2, 0.25) is 0 Å². The molecule has 1 heterocycles. The minimum atomic E-state index is -0.546. The Morgan fingerprint density at radius 3 is 2.56 bits per heavy atom. The Morgan fingerprint density at radius 2 is 1.91 bits per heavy atom. The smallest absolute Gasteiger partial charge is 0.126 e. The van der Waals surface area contributed by atoms with E-state index in [4.69, 9.17) is 4.74 Å². The molecular formula is C30H47NO3. The molecule has 1 saturated carbocycles. The van der Waals surface area contributed by atoms with Crippen molar-refractivity contribution in [3.63, 3.8) is 0 Å². The SMILES string of the molecule is CC#CC[C@@H](C)[C@H](O)C=C[C@@H]1[C@H]2c3cccc(CCCC)c3O[C@H]2C[C@H]1O.CCCNCCC. The summed E-state index contributed by atoms with van der Waals surface area (Å²) in [5.74, 6) is 7.18. The summed E-state index contributed by atoms with van der Waals surface area (Å²) in [7, 11) is 0. The van der Waals surface area contributed by atoms with E-state index in [2.05, 4.69) is 56.1 Å². The summed E-state index contributed by atoms with van der Waals surface area (Å²) in [6, 6.07) is 6.42. The summed E-state index contributed by atoms with van der Waals surface area (Å²) in [4.78, 5) is 0. The van der Waals surface area contributed by atoms with Gasteiger partial charge < -0.3 is 20.3 Å². The monoisotopic (exact) mass is 469 g/mol. The Hall–Kier alpha value is -1.80. The van der Waals surface area contributed by atoms with E-state index in [1.54, 1.807) is 0 Å². The quantitative estimate of drug-likeness (QED) is 0.224. The lowest BCUT2D eigenvalue weighted by Crippen LogP contribution is -2.19. The van der Waals surface area contributed by atoms with Gasteiger partial charge in [-0.3, -0.25) is 0 Å². The molecule has 34 heavy (non-hydrogen) atoms. The minimum Gasteiger partial charge on any atom is -0.489 e. The molecule has 6 atom stereocenters. The fourth-order valence-electron chi connectivity index (χ4n) is 4.83. The van der Waals surface area contributed by atoms with Crippen molar-refractivity contribution < 1.29 is 14.9 Å². The molecule has 0 aromatic heterocycles. The molecule has 1 aromatic carbocycles. The highest BCUT2D eigenvalue weighted by atomic mass is 16.5. The summed E-state index contributed by atoms with van der Waals surface area (Å²) < 4.78 is 6.29. The molecule has 190 valence electrons. The van der Waals surface area contributed by atoms with Crippen LogP contribution in [0.4, 0.5) is 0 Å². The number of aliphatic hydroxyl groups is 2. The molecule has 0 saturated heterocycles. The van der Waals surface area contributed by atoms with Crippen LogP contribution in [0.1, 0.15) is 90.2 Å². The molecule has 0 unspecified atom stereocenters. The van der Waals surface area contributed by atoms with Gasteiger partial charge in [-0.25, -0.2) is 0 Å². The van der Waals surface area contributed by atoms with Crippen LogP contribution in [0.5, 0.6) is 5.75 Å². The van der Waals surface area contributed by atoms with E-state index in [1.807, 2.05) is 26.0 Å². The normalized spacial score (nSPS) is 24.3. The predicted octanol–water partition coefficient (Wildman–Crippen LogP) is 5.62. The van der Waals surface area contributed by atoms with Crippen LogP contribution in [-0.2, 0) is 6.42 Å². The maximum atomic E-state index is 10.6. The van der Waals surface area contributed by atoms with Crippen molar-refractivity contribution in [1.82, 2.24) is 5.32 Å². The van der Waals surface area contributed by atoms with E-state index in [9.17, 15) is 10.2 Å². The Kier molecular flexibility index (Phi) is 12.8. The van der Waals surface area contributed by atoms with E-state index >= 15 is 0 Å². The largest absolute Gasteiger partial charge is 0.489 e. The summed E-state index contributed by atoms with van der Waals surface area (Å²) in [6.07, 6.45) is 10.1. The molecule has 1 aromatic rings. The first kappa shape index (κ1) is 28.4. The average Bonchev–Trinajstić information content (AvgIpc) is 3.35. The molecule has 0 amide bonds. The first-order valence-corrected chi connectivity index (χ1v) is 13.4. The number of nitrogens with one attached hydrogen (secondary N) is 1. The fraction of sp³-hybridized carbons (Fsp3) is 0.667. The molecule has 3 N–H and O–H groups in total. The number of unbranched alkanes of at least 4 members (excludes halogenated alkanes) is 1. The molecule has 0 spiro atoms. The van der Waals surface area contributed by atoms with E-state index in [1.165, 1.54) is 43.5 Å². The number of hydrogen-bond acceptors (Lipinski definition) is 4. The van der Waals surface area contributed by atoms with Gasteiger partial charge in [0.25, 0.3) is 0 Å². The molecule has 0 bridgehead atoms. The molecule has 0 radical (unpaired) electrons. The third kappa shape index (κ3) is 7.87. The molecule has 4 heteroatoms. The summed E-state index contributed by atoms with van der Waals surface area (Å²) >= 11 is 0. The third-order valence-electron chi connectivity index (χ3n) is 6.86. The molecule has 2 aliphatic rings. The van der Waals surface area contributed by atoms with Gasteiger partial charge in [0.15, 0.2) is 0 Å². The second kappa shape index (κ2) is 15.2. The standard InChI is InChI=1S/C24H32O3.C6H15N/c1-4-6-9-16(3)20(25)14-13-18-21(26)15-22-23(18)19-12-8-11-17(10-7-5-2)24(19)27-22;1-3-5-7-6-4-2/h8,11-14,16,18,20-23,25-26H,5,7,9-10,15H2,1-3H3;7H,3-6H2,1-2H3/t16-,18+,20-,21-,22+,23+;/m1./s1. The molecular weight excluding hydrogens is 422 g/mol. The second-order valence-corrected chi connectivity index (χ2v) is 9.74. The van der Waals surface area contributed by atoms with Gasteiger partial charge >= 0.3 is 0 Å².